The van der Waals surface area contributed by atoms with E-state index in [1.54, 1.807) is 24.3 Å². The number of nitrogens with zero attached hydrogens (tertiary/aromatic N) is 3. The number of hydrogen-bond donors (Lipinski definition) is 1. The van der Waals surface area contributed by atoms with Crippen molar-refractivity contribution in [1.29, 1.82) is 0 Å². The van der Waals surface area contributed by atoms with Crippen LogP contribution in [0.25, 0.3) is 11.3 Å². The fraction of sp³-hybridized carbons (Fsp3) is 0.375. The Labute approximate surface area is 175 Å². The molecule has 0 radical (unpaired) electrons. The molecule has 6 heteroatoms. The summed E-state index contributed by atoms with van der Waals surface area (Å²) in [5.41, 5.74) is 5.10. The van der Waals surface area contributed by atoms with Crippen LogP contribution in [0.1, 0.15) is 42.7 Å². The molecule has 4 nitrogen and oxygen atoms in total. The molecule has 0 fully saturated rings. The van der Waals surface area contributed by atoms with E-state index in [2.05, 4.69) is 16.5 Å². The van der Waals surface area contributed by atoms with Gasteiger partial charge >= 0.3 is 0 Å². The van der Waals surface area contributed by atoms with Crippen LogP contribution in [0, 0.1) is 11.6 Å². The third-order valence-electron chi connectivity index (χ3n) is 5.84. The average molecular weight is 411 g/mol. The van der Waals surface area contributed by atoms with Crippen LogP contribution in [0.5, 0.6) is 0 Å². The van der Waals surface area contributed by atoms with E-state index in [-0.39, 0.29) is 11.6 Å². The van der Waals surface area contributed by atoms with Gasteiger partial charge in [0.1, 0.15) is 11.6 Å². The Kier molecular flexibility index (Phi) is 6.25. The second-order valence-electron chi connectivity index (χ2n) is 7.83. The topological polar surface area (TPSA) is 41.3 Å². The van der Waals surface area contributed by atoms with Crippen molar-refractivity contribution in [2.45, 2.75) is 45.4 Å². The van der Waals surface area contributed by atoms with E-state index < -0.39 is 6.10 Å². The molecule has 1 atom stereocenters. The molecule has 1 N–H and O–H groups in total. The van der Waals surface area contributed by atoms with Crippen LogP contribution in [0.15, 0.2) is 48.5 Å². The van der Waals surface area contributed by atoms with Crippen molar-refractivity contribution in [1.82, 2.24) is 14.7 Å². The molecule has 0 saturated heterocycles. The van der Waals surface area contributed by atoms with Crippen LogP contribution in [0.4, 0.5) is 8.78 Å². The maximum Gasteiger partial charge on any atom is 0.123 e. The van der Waals surface area contributed by atoms with Crippen LogP contribution in [-0.2, 0) is 19.5 Å². The lowest BCUT2D eigenvalue weighted by Crippen LogP contribution is -2.32. The third kappa shape index (κ3) is 4.45. The molecule has 0 aliphatic carbocycles. The number of aliphatic hydroxyl groups excluding tert-OH is 1. The first-order valence-corrected chi connectivity index (χ1v) is 10.6. The largest absolute Gasteiger partial charge is 0.388 e. The Bertz CT molecular complexity index is 983. The SMILES string of the molecule is CCn1nc(-c2ccc(F)cc2)c2c1CCN(CCCC(O)c1ccc(F)cc1)C2. The number of halogens is 2. The monoisotopic (exact) mass is 411 g/mol. The van der Waals surface area contributed by atoms with Gasteiger partial charge in [0.15, 0.2) is 0 Å². The molecule has 2 aromatic carbocycles. The van der Waals surface area contributed by atoms with Crippen molar-refractivity contribution in [3.8, 4) is 11.3 Å². The molecular formula is C24H27F2N3O. The predicted octanol–water partition coefficient (Wildman–Crippen LogP) is 4.72. The highest BCUT2D eigenvalue weighted by atomic mass is 19.1. The molecule has 30 heavy (non-hydrogen) atoms. The Balaban J connectivity index is 1.42. The van der Waals surface area contributed by atoms with E-state index in [1.807, 2.05) is 0 Å². The van der Waals surface area contributed by atoms with Gasteiger partial charge in [-0.15, -0.1) is 0 Å². The van der Waals surface area contributed by atoms with Crippen molar-refractivity contribution in [2.75, 3.05) is 13.1 Å². The maximum absolute atomic E-state index is 13.3. The van der Waals surface area contributed by atoms with Gasteiger partial charge in [-0.25, -0.2) is 8.78 Å². The average Bonchev–Trinajstić information content (AvgIpc) is 3.13. The molecule has 1 unspecified atom stereocenters. The number of hydrogen-bond acceptors (Lipinski definition) is 3. The van der Waals surface area contributed by atoms with Gasteiger partial charge in [-0.3, -0.25) is 9.58 Å². The summed E-state index contributed by atoms with van der Waals surface area (Å²) in [6, 6.07) is 12.6. The Morgan fingerprint density at radius 2 is 1.70 bits per heavy atom. The normalized spacial score (nSPS) is 15.2. The Morgan fingerprint density at radius 1 is 1.03 bits per heavy atom. The summed E-state index contributed by atoms with van der Waals surface area (Å²) in [5.74, 6) is -0.538. The van der Waals surface area contributed by atoms with Crippen LogP contribution < -0.4 is 0 Å². The van der Waals surface area contributed by atoms with Crippen LogP contribution >= 0.6 is 0 Å². The summed E-state index contributed by atoms with van der Waals surface area (Å²) in [7, 11) is 0. The summed E-state index contributed by atoms with van der Waals surface area (Å²) >= 11 is 0. The molecule has 3 aromatic rings. The summed E-state index contributed by atoms with van der Waals surface area (Å²) in [6.45, 7) is 5.53. The maximum atomic E-state index is 13.3. The molecule has 0 spiro atoms. The van der Waals surface area contributed by atoms with Gasteiger partial charge in [0.05, 0.1) is 11.8 Å². The quantitative estimate of drug-likeness (QED) is 0.612. The highest BCUT2D eigenvalue weighted by molar-refractivity contribution is 5.64. The standard InChI is InChI=1S/C24H27F2N3O/c1-2-29-22-13-15-28(14-3-4-23(30)17-5-9-19(25)10-6-17)16-21(22)24(27-29)18-7-11-20(26)12-8-18/h5-12,23,30H,2-4,13-16H2,1H3. The van der Waals surface area contributed by atoms with Gasteiger partial charge in [-0.05, 0) is 68.3 Å². The number of aryl methyl sites for hydroxylation is 1. The molecule has 1 aliphatic rings. The molecular weight excluding hydrogens is 384 g/mol. The van der Waals surface area contributed by atoms with Gasteiger partial charge < -0.3 is 5.11 Å². The first kappa shape index (κ1) is 20.7. The number of aromatic nitrogens is 2. The number of aliphatic hydroxyl groups is 1. The van der Waals surface area contributed by atoms with E-state index >= 15 is 0 Å². The Hall–Kier alpha value is -2.57. The molecule has 2 heterocycles. The molecule has 158 valence electrons. The van der Waals surface area contributed by atoms with Gasteiger partial charge in [0, 0.05) is 42.9 Å². The number of fused-ring (bicyclic) bond motifs is 1. The minimum absolute atomic E-state index is 0.246. The molecule has 0 saturated carbocycles. The molecule has 1 aromatic heterocycles. The second-order valence-corrected chi connectivity index (χ2v) is 7.83. The van der Waals surface area contributed by atoms with Crippen molar-refractivity contribution < 1.29 is 13.9 Å². The number of rotatable bonds is 7. The smallest absolute Gasteiger partial charge is 0.123 e. The first-order chi connectivity index (χ1) is 14.5. The zero-order valence-corrected chi connectivity index (χ0v) is 17.2. The van der Waals surface area contributed by atoms with Gasteiger partial charge in [-0.1, -0.05) is 12.1 Å². The zero-order valence-electron chi connectivity index (χ0n) is 17.2. The zero-order chi connectivity index (χ0) is 21.1. The fourth-order valence-corrected chi connectivity index (χ4v) is 4.20. The summed E-state index contributed by atoms with van der Waals surface area (Å²) in [5, 5.41) is 15.2. The van der Waals surface area contributed by atoms with Crippen LogP contribution in [0.2, 0.25) is 0 Å². The van der Waals surface area contributed by atoms with E-state index in [1.165, 1.54) is 35.5 Å². The summed E-state index contributed by atoms with van der Waals surface area (Å²) in [4.78, 5) is 2.38. The minimum atomic E-state index is -0.580. The summed E-state index contributed by atoms with van der Waals surface area (Å²) in [6.07, 6.45) is 1.83. The lowest BCUT2D eigenvalue weighted by Gasteiger charge is -2.28. The lowest BCUT2D eigenvalue weighted by molar-refractivity contribution is 0.152. The molecule has 0 amide bonds. The summed E-state index contributed by atoms with van der Waals surface area (Å²) < 4.78 is 28.5. The lowest BCUT2D eigenvalue weighted by atomic mass is 10.00. The van der Waals surface area contributed by atoms with Gasteiger partial charge in [0.25, 0.3) is 0 Å². The van der Waals surface area contributed by atoms with Crippen molar-refractivity contribution in [2.24, 2.45) is 0 Å². The van der Waals surface area contributed by atoms with E-state index in [0.29, 0.717) is 6.42 Å². The minimum Gasteiger partial charge on any atom is -0.388 e. The van der Waals surface area contributed by atoms with E-state index in [4.69, 9.17) is 5.10 Å². The van der Waals surface area contributed by atoms with Crippen LogP contribution in [0.3, 0.4) is 0 Å². The molecule has 1 aliphatic heterocycles. The first-order valence-electron chi connectivity index (χ1n) is 10.6. The molecule has 0 bridgehead atoms. The highest BCUT2D eigenvalue weighted by Gasteiger charge is 2.25. The van der Waals surface area contributed by atoms with E-state index in [9.17, 15) is 13.9 Å². The third-order valence-corrected chi connectivity index (χ3v) is 5.84. The van der Waals surface area contributed by atoms with E-state index in [0.717, 1.165) is 55.8 Å². The van der Waals surface area contributed by atoms with Crippen LogP contribution in [-0.4, -0.2) is 32.9 Å². The van der Waals surface area contributed by atoms with Crippen molar-refractivity contribution >= 4 is 0 Å². The van der Waals surface area contributed by atoms with Crippen molar-refractivity contribution in [3.63, 3.8) is 0 Å². The second kappa shape index (κ2) is 9.06. The van der Waals surface area contributed by atoms with Crippen molar-refractivity contribution in [3.05, 3.63) is 77.0 Å². The molecule has 4 rings (SSSR count). The van der Waals surface area contributed by atoms with Gasteiger partial charge in [0.2, 0.25) is 0 Å². The fourth-order valence-electron chi connectivity index (χ4n) is 4.20. The van der Waals surface area contributed by atoms with Gasteiger partial charge in [-0.2, -0.15) is 5.10 Å². The number of benzene rings is 2. The highest BCUT2D eigenvalue weighted by Crippen LogP contribution is 2.30. The predicted molar refractivity (Wildman–Crippen MR) is 113 cm³/mol. The Morgan fingerprint density at radius 3 is 2.37 bits per heavy atom.